The first-order valence-corrected chi connectivity index (χ1v) is 8.98. The summed E-state index contributed by atoms with van der Waals surface area (Å²) >= 11 is 6.10. The maximum Gasteiger partial charge on any atom is 0.250 e. The molecular formula is C15H17ClFNO4S. The van der Waals surface area contributed by atoms with Gasteiger partial charge in [-0.15, -0.1) is 0 Å². The van der Waals surface area contributed by atoms with E-state index in [9.17, 15) is 17.6 Å². The number of ether oxygens (including phenoxy) is 1. The SMILES string of the molecule is CNC(=O)C1=CC(Cl)=C(O[C@@H]2C[C@@H]3CC[C@H]2C3)C(=S(=O)=O)C1F. The van der Waals surface area contributed by atoms with Gasteiger partial charge in [-0.1, -0.05) is 11.6 Å². The van der Waals surface area contributed by atoms with Gasteiger partial charge in [-0.25, -0.2) is 4.39 Å². The van der Waals surface area contributed by atoms with Crippen LogP contribution in [-0.2, 0) is 19.8 Å². The van der Waals surface area contributed by atoms with E-state index in [1.807, 2.05) is 0 Å². The van der Waals surface area contributed by atoms with Crippen LogP contribution in [0.1, 0.15) is 25.7 Å². The Morgan fingerprint density at radius 1 is 1.39 bits per heavy atom. The maximum absolute atomic E-state index is 14.6. The van der Waals surface area contributed by atoms with E-state index in [0.717, 1.165) is 31.8 Å². The number of amides is 1. The zero-order valence-electron chi connectivity index (χ0n) is 12.5. The third kappa shape index (κ3) is 2.92. The quantitative estimate of drug-likeness (QED) is 0.777. The fourth-order valence-corrected chi connectivity index (χ4v) is 4.66. The van der Waals surface area contributed by atoms with E-state index in [4.69, 9.17) is 16.3 Å². The predicted octanol–water partition coefficient (Wildman–Crippen LogP) is 1.72. The van der Waals surface area contributed by atoms with Gasteiger partial charge in [0.1, 0.15) is 6.10 Å². The molecule has 0 radical (unpaired) electrons. The summed E-state index contributed by atoms with van der Waals surface area (Å²) in [5.41, 5.74) is -0.336. The molecule has 8 heteroatoms. The molecule has 3 rings (SSSR count). The fraction of sp³-hybridized carbons (Fsp3) is 0.600. The number of nitrogens with one attached hydrogen (secondary N) is 1. The van der Waals surface area contributed by atoms with Gasteiger partial charge in [-0.05, 0) is 43.6 Å². The lowest BCUT2D eigenvalue weighted by molar-refractivity contribution is -0.117. The van der Waals surface area contributed by atoms with Crippen molar-refractivity contribution < 1.29 is 22.3 Å². The van der Waals surface area contributed by atoms with Gasteiger partial charge in [0.05, 0.1) is 10.6 Å². The number of alkyl halides is 1. The molecule has 2 fully saturated rings. The topological polar surface area (TPSA) is 72.5 Å². The van der Waals surface area contributed by atoms with Crippen molar-refractivity contribution in [2.75, 3.05) is 7.05 Å². The monoisotopic (exact) mass is 361 g/mol. The molecule has 1 unspecified atom stereocenters. The van der Waals surface area contributed by atoms with Crippen molar-refractivity contribution in [1.82, 2.24) is 5.32 Å². The smallest absolute Gasteiger partial charge is 0.250 e. The molecule has 3 aliphatic carbocycles. The van der Waals surface area contributed by atoms with Gasteiger partial charge in [0.25, 0.3) is 0 Å². The van der Waals surface area contributed by atoms with Crippen LogP contribution in [0.15, 0.2) is 22.4 Å². The Morgan fingerprint density at radius 2 is 2.13 bits per heavy atom. The third-order valence-electron chi connectivity index (χ3n) is 4.84. The lowest BCUT2D eigenvalue weighted by Crippen LogP contribution is -2.36. The summed E-state index contributed by atoms with van der Waals surface area (Å²) < 4.78 is 43.4. The van der Waals surface area contributed by atoms with Gasteiger partial charge in [0.2, 0.25) is 16.2 Å². The number of hydrogen-bond acceptors (Lipinski definition) is 4. The number of allylic oxidation sites excluding steroid dienone is 3. The fourth-order valence-electron chi connectivity index (χ4n) is 3.73. The Morgan fingerprint density at radius 3 is 2.65 bits per heavy atom. The van der Waals surface area contributed by atoms with Crippen LogP contribution in [0.25, 0.3) is 0 Å². The maximum atomic E-state index is 14.6. The summed E-state index contributed by atoms with van der Waals surface area (Å²) in [5, 5.41) is 2.22. The molecule has 0 aromatic rings. The van der Waals surface area contributed by atoms with Gasteiger partial charge in [0.15, 0.2) is 16.8 Å². The first-order valence-electron chi connectivity index (χ1n) is 7.53. The molecular weight excluding hydrogens is 345 g/mol. The van der Waals surface area contributed by atoms with Crippen molar-refractivity contribution in [2.24, 2.45) is 11.8 Å². The average molecular weight is 362 g/mol. The van der Waals surface area contributed by atoms with Crippen molar-refractivity contribution in [3.05, 3.63) is 22.4 Å². The minimum Gasteiger partial charge on any atom is -0.487 e. The standard InChI is InChI=1S/C15H17ClFNO4S/c1-18-15(19)9-6-10(16)13(14(12(9)17)23(20)21)22-11-5-7-2-3-8(11)4-7/h6-8,11-12H,2-5H2,1H3,(H,18,19)/t7-,8+,11-,12?/m1/s1. The first-order chi connectivity index (χ1) is 10.9. The molecule has 4 atom stereocenters. The van der Waals surface area contributed by atoms with Crippen LogP contribution >= 0.6 is 11.6 Å². The van der Waals surface area contributed by atoms with Crippen LogP contribution in [0.4, 0.5) is 4.39 Å². The molecule has 1 N–H and O–H groups in total. The second kappa shape index (κ2) is 6.28. The molecule has 126 valence electrons. The van der Waals surface area contributed by atoms with Gasteiger partial charge >= 0.3 is 0 Å². The minimum atomic E-state index is -2.87. The van der Waals surface area contributed by atoms with Gasteiger partial charge in [-0.3, -0.25) is 4.79 Å². The summed E-state index contributed by atoms with van der Waals surface area (Å²) in [6, 6.07) is 0. The molecule has 2 bridgehead atoms. The van der Waals surface area contributed by atoms with E-state index in [2.05, 4.69) is 5.32 Å². The lowest BCUT2D eigenvalue weighted by atomic mass is 9.96. The minimum absolute atomic E-state index is 0.0560. The van der Waals surface area contributed by atoms with Crippen molar-refractivity contribution in [3.63, 3.8) is 0 Å². The van der Waals surface area contributed by atoms with Crippen LogP contribution in [0.2, 0.25) is 0 Å². The molecule has 0 aromatic carbocycles. The van der Waals surface area contributed by atoms with E-state index in [1.54, 1.807) is 0 Å². The number of rotatable bonds is 3. The number of halogens is 2. The summed E-state index contributed by atoms with van der Waals surface area (Å²) in [5.74, 6) is 0.0864. The Balaban J connectivity index is 1.97. The van der Waals surface area contributed by atoms with Gasteiger partial charge < -0.3 is 10.1 Å². The highest BCUT2D eigenvalue weighted by Gasteiger charge is 2.43. The normalized spacial score (nSPS) is 32.8. The largest absolute Gasteiger partial charge is 0.487 e. The van der Waals surface area contributed by atoms with Crippen LogP contribution in [0.3, 0.4) is 0 Å². The molecule has 5 nitrogen and oxygen atoms in total. The Labute approximate surface area is 140 Å². The predicted molar refractivity (Wildman–Crippen MR) is 84.2 cm³/mol. The molecule has 1 amide bonds. The van der Waals surface area contributed by atoms with E-state index < -0.39 is 27.2 Å². The second-order valence-corrected chi connectivity index (χ2v) is 7.46. The van der Waals surface area contributed by atoms with Crippen molar-refractivity contribution >= 4 is 32.7 Å². The number of fused-ring (bicyclic) bond motifs is 2. The molecule has 3 aliphatic rings. The van der Waals surface area contributed by atoms with Gasteiger partial charge in [-0.2, -0.15) is 8.42 Å². The second-order valence-electron chi connectivity index (χ2n) is 6.15. The third-order valence-corrected chi connectivity index (χ3v) is 5.87. The Bertz CT molecular complexity index is 735. The van der Waals surface area contributed by atoms with Crippen LogP contribution in [0.5, 0.6) is 0 Å². The molecule has 0 spiro atoms. The van der Waals surface area contributed by atoms with Crippen molar-refractivity contribution in [1.29, 1.82) is 0 Å². The molecule has 2 saturated carbocycles. The zero-order valence-corrected chi connectivity index (χ0v) is 14.1. The summed E-state index contributed by atoms with van der Waals surface area (Å²) in [7, 11) is -1.53. The number of hydrogen-bond donors (Lipinski definition) is 1. The molecule has 0 aliphatic heterocycles. The average Bonchev–Trinajstić information content (AvgIpc) is 3.12. The van der Waals surface area contributed by atoms with Crippen LogP contribution in [-0.4, -0.2) is 38.5 Å². The van der Waals surface area contributed by atoms with Crippen molar-refractivity contribution in [2.45, 2.75) is 38.0 Å². The van der Waals surface area contributed by atoms with Crippen molar-refractivity contribution in [3.8, 4) is 0 Å². The summed E-state index contributed by atoms with van der Waals surface area (Å²) in [6.45, 7) is 0. The first kappa shape index (κ1) is 16.5. The highest BCUT2D eigenvalue weighted by molar-refractivity contribution is 7.73. The Hall–Kier alpha value is -1.34. The molecule has 0 aromatic heterocycles. The van der Waals surface area contributed by atoms with E-state index in [0.29, 0.717) is 11.8 Å². The van der Waals surface area contributed by atoms with E-state index in [-0.39, 0.29) is 22.5 Å². The molecule has 0 heterocycles. The zero-order chi connectivity index (χ0) is 16.7. The highest BCUT2D eigenvalue weighted by atomic mass is 35.5. The number of likely N-dealkylation sites (N-methyl/N-ethyl adjacent to an activating group) is 1. The number of carbonyl (C=O) groups excluding carboxylic acids is 1. The van der Waals surface area contributed by atoms with Gasteiger partial charge in [0, 0.05) is 7.05 Å². The summed E-state index contributed by atoms with van der Waals surface area (Å²) in [6.07, 6.45) is 3.01. The van der Waals surface area contributed by atoms with Crippen LogP contribution < -0.4 is 5.32 Å². The van der Waals surface area contributed by atoms with E-state index >= 15 is 0 Å². The molecule has 0 saturated heterocycles. The molecule has 23 heavy (non-hydrogen) atoms. The summed E-state index contributed by atoms with van der Waals surface area (Å²) in [4.78, 5) is 11.1. The Kier molecular flexibility index (Phi) is 4.51. The van der Waals surface area contributed by atoms with E-state index in [1.165, 1.54) is 7.05 Å². The highest BCUT2D eigenvalue weighted by Crippen LogP contribution is 2.47. The lowest BCUT2D eigenvalue weighted by Gasteiger charge is -2.27. The number of carbonyl (C=O) groups is 1. The van der Waals surface area contributed by atoms with Crippen LogP contribution in [0, 0.1) is 11.8 Å².